The fraction of sp³-hybridized carbons (Fsp3) is 0.310. The number of benzene rings is 2. The number of likely N-dealkylation sites (N-methyl/N-ethyl adjacent to an activating group) is 1. The summed E-state index contributed by atoms with van der Waals surface area (Å²) in [5.41, 5.74) is 3.58. The van der Waals surface area contributed by atoms with Gasteiger partial charge in [-0.1, -0.05) is 18.2 Å². The molecule has 2 aromatic carbocycles. The second kappa shape index (κ2) is 9.32. The van der Waals surface area contributed by atoms with Crippen molar-refractivity contribution in [2.24, 2.45) is 17.6 Å². The van der Waals surface area contributed by atoms with Gasteiger partial charge in [0.15, 0.2) is 11.4 Å². The molecule has 208 valence electrons. The van der Waals surface area contributed by atoms with E-state index in [4.69, 9.17) is 10.5 Å². The normalized spacial score (nSPS) is 25.9. The first kappa shape index (κ1) is 27.1. The zero-order chi connectivity index (χ0) is 29.3. The number of Topliss-reactive ketones (excluding diaryl/α,β-unsaturated/α-hetero) is 2. The Hall–Kier alpha value is -4.48. The topological polar surface area (TPSA) is 188 Å². The second-order valence-electron chi connectivity index (χ2n) is 10.5. The number of methoxy groups -OCH3 is 1. The number of phenolic OH excluding ortho intramolecular Hbond substituents is 1. The highest BCUT2D eigenvalue weighted by Gasteiger charge is 2.63. The van der Waals surface area contributed by atoms with Gasteiger partial charge >= 0.3 is 5.97 Å². The van der Waals surface area contributed by atoms with Crippen molar-refractivity contribution < 1.29 is 44.3 Å². The smallest absolute Gasteiger partial charge is 0.337 e. The van der Waals surface area contributed by atoms with Crippen LogP contribution in [0.5, 0.6) is 5.75 Å². The van der Waals surface area contributed by atoms with Crippen LogP contribution in [-0.4, -0.2) is 81.6 Å². The highest BCUT2D eigenvalue weighted by Crippen LogP contribution is 2.53. The highest BCUT2D eigenvalue weighted by molar-refractivity contribution is 6.25. The molecule has 11 nitrogen and oxygen atoms in total. The van der Waals surface area contributed by atoms with Crippen molar-refractivity contribution in [2.75, 3.05) is 21.2 Å². The number of rotatable bonds is 4. The van der Waals surface area contributed by atoms with Crippen LogP contribution in [0, 0.1) is 11.8 Å². The van der Waals surface area contributed by atoms with Crippen molar-refractivity contribution >= 4 is 23.4 Å². The number of nitrogens with two attached hydrogens (primary N) is 1. The van der Waals surface area contributed by atoms with Gasteiger partial charge in [-0.25, -0.2) is 4.79 Å². The average Bonchev–Trinajstić information content (AvgIpc) is 2.90. The van der Waals surface area contributed by atoms with Crippen LogP contribution in [0.25, 0.3) is 11.1 Å². The van der Waals surface area contributed by atoms with E-state index in [0.717, 1.165) is 0 Å². The largest absolute Gasteiger partial charge is 0.510 e. The first-order valence-electron chi connectivity index (χ1n) is 12.5. The molecule has 0 fully saturated rings. The maximum atomic E-state index is 13.8. The van der Waals surface area contributed by atoms with Gasteiger partial charge in [0.1, 0.15) is 22.8 Å². The molecule has 3 aliphatic carbocycles. The van der Waals surface area contributed by atoms with E-state index in [0.29, 0.717) is 22.3 Å². The van der Waals surface area contributed by atoms with E-state index < -0.39 is 64.0 Å². The standard InChI is InChI=1S/C29H28N2O9/c1-31(2)22-17-11-14-10-16-15(12-4-6-13(7-5-12)28(38)40-3)8-9-18(32)20(16)23(33)19(14)25(35)29(17,39)26(36)21(24(22)34)27(30)37/h4-9,14,17,22,32,34-35,39H,10-11H2,1-3H3,(H2,30,37)/t14-,17-,22-,29-/m0/s1. The zero-order valence-corrected chi connectivity index (χ0v) is 22.0. The third kappa shape index (κ3) is 3.65. The highest BCUT2D eigenvalue weighted by atomic mass is 16.5. The van der Waals surface area contributed by atoms with Crippen LogP contribution >= 0.6 is 0 Å². The Balaban J connectivity index is 1.68. The maximum Gasteiger partial charge on any atom is 0.337 e. The summed E-state index contributed by atoms with van der Waals surface area (Å²) < 4.78 is 4.74. The number of ketones is 2. The van der Waals surface area contributed by atoms with E-state index in [9.17, 15) is 39.6 Å². The Kier molecular flexibility index (Phi) is 6.31. The molecule has 0 bridgehead atoms. The molecule has 5 rings (SSSR count). The van der Waals surface area contributed by atoms with Gasteiger partial charge in [-0.15, -0.1) is 0 Å². The molecule has 0 spiro atoms. The lowest BCUT2D eigenvalue weighted by Crippen LogP contribution is -2.63. The lowest BCUT2D eigenvalue weighted by Gasteiger charge is -2.50. The summed E-state index contributed by atoms with van der Waals surface area (Å²) in [4.78, 5) is 52.7. The Morgan fingerprint density at radius 1 is 1.05 bits per heavy atom. The Morgan fingerprint density at radius 2 is 1.70 bits per heavy atom. The van der Waals surface area contributed by atoms with Gasteiger partial charge in [0, 0.05) is 11.5 Å². The van der Waals surface area contributed by atoms with Gasteiger partial charge in [0.25, 0.3) is 5.91 Å². The minimum Gasteiger partial charge on any atom is -0.510 e. The number of hydrogen-bond donors (Lipinski definition) is 5. The number of amides is 1. The molecule has 0 aliphatic heterocycles. The number of carbonyl (C=O) groups excluding carboxylic acids is 4. The van der Waals surface area contributed by atoms with E-state index >= 15 is 0 Å². The molecule has 1 amide bonds. The molecule has 4 atom stereocenters. The van der Waals surface area contributed by atoms with E-state index in [2.05, 4.69) is 0 Å². The van der Waals surface area contributed by atoms with Crippen molar-refractivity contribution in [3.8, 4) is 16.9 Å². The Bertz CT molecular complexity index is 1550. The molecular weight excluding hydrogens is 520 g/mol. The number of esters is 1. The van der Waals surface area contributed by atoms with Crippen molar-refractivity contribution in [3.63, 3.8) is 0 Å². The summed E-state index contributed by atoms with van der Waals surface area (Å²) in [6.07, 6.45) is 0.138. The third-order valence-corrected chi connectivity index (χ3v) is 8.22. The molecule has 40 heavy (non-hydrogen) atoms. The van der Waals surface area contributed by atoms with Gasteiger partial charge in [0.2, 0.25) is 5.78 Å². The number of aromatic hydroxyl groups is 1. The quantitative estimate of drug-likeness (QED) is 0.277. The predicted octanol–water partition coefficient (Wildman–Crippen LogP) is 1.57. The van der Waals surface area contributed by atoms with E-state index in [1.165, 1.54) is 18.1 Å². The van der Waals surface area contributed by atoms with E-state index in [1.54, 1.807) is 44.4 Å². The van der Waals surface area contributed by atoms with Crippen molar-refractivity contribution in [1.29, 1.82) is 0 Å². The minimum atomic E-state index is -2.69. The molecule has 6 N–H and O–H groups in total. The van der Waals surface area contributed by atoms with Gasteiger partial charge in [-0.05, 0) is 67.7 Å². The molecule has 0 saturated carbocycles. The molecule has 0 saturated heterocycles. The molecule has 11 heteroatoms. The van der Waals surface area contributed by atoms with Gasteiger partial charge < -0.3 is 30.9 Å². The summed E-state index contributed by atoms with van der Waals surface area (Å²) in [6.45, 7) is 0. The predicted molar refractivity (Wildman–Crippen MR) is 140 cm³/mol. The number of fused-ring (bicyclic) bond motifs is 3. The van der Waals surface area contributed by atoms with Crippen molar-refractivity contribution in [1.82, 2.24) is 4.90 Å². The fourth-order valence-corrected chi connectivity index (χ4v) is 6.42. The summed E-state index contributed by atoms with van der Waals surface area (Å²) in [5, 5.41) is 44.7. The monoisotopic (exact) mass is 548 g/mol. The molecule has 2 aromatic rings. The zero-order valence-electron chi connectivity index (χ0n) is 22.0. The number of ether oxygens (including phenoxy) is 1. The fourth-order valence-electron chi connectivity index (χ4n) is 6.42. The minimum absolute atomic E-state index is 0.0118. The number of carbonyl (C=O) groups is 4. The van der Waals surface area contributed by atoms with E-state index in [1.807, 2.05) is 0 Å². The van der Waals surface area contributed by atoms with Gasteiger partial charge in [0.05, 0.1) is 24.3 Å². The first-order chi connectivity index (χ1) is 18.8. The number of nitrogens with zero attached hydrogens (tertiary/aromatic N) is 1. The van der Waals surface area contributed by atoms with Crippen LogP contribution in [-0.2, 0) is 20.7 Å². The number of aliphatic hydroxyl groups is 3. The number of allylic oxidation sites excluding steroid dienone is 1. The molecule has 0 radical (unpaired) electrons. The summed E-state index contributed by atoms with van der Waals surface area (Å²) in [7, 11) is 4.41. The average molecular weight is 549 g/mol. The van der Waals surface area contributed by atoms with Crippen LogP contribution in [0.1, 0.15) is 32.7 Å². The van der Waals surface area contributed by atoms with Crippen molar-refractivity contribution in [3.05, 3.63) is 75.8 Å². The number of phenols is 1. The molecule has 0 aromatic heterocycles. The van der Waals surface area contributed by atoms with Crippen molar-refractivity contribution in [2.45, 2.75) is 24.5 Å². The maximum absolute atomic E-state index is 13.8. The van der Waals surface area contributed by atoms with Crippen LogP contribution in [0.4, 0.5) is 0 Å². The van der Waals surface area contributed by atoms with Crippen LogP contribution in [0.15, 0.2) is 59.1 Å². The lowest BCUT2D eigenvalue weighted by atomic mass is 9.58. The Labute approximate surface area is 228 Å². The van der Waals surface area contributed by atoms with Crippen LogP contribution in [0.3, 0.4) is 0 Å². The molecule has 0 heterocycles. The first-order valence-corrected chi connectivity index (χ1v) is 12.5. The molecule has 0 unspecified atom stereocenters. The molecule has 3 aliphatic rings. The summed E-state index contributed by atoms with van der Waals surface area (Å²) in [6, 6.07) is 8.41. The third-order valence-electron chi connectivity index (χ3n) is 8.22. The Morgan fingerprint density at radius 3 is 2.27 bits per heavy atom. The lowest BCUT2D eigenvalue weighted by molar-refractivity contribution is -0.148. The molecular formula is C29H28N2O9. The van der Waals surface area contributed by atoms with Gasteiger partial charge in [-0.3, -0.25) is 19.3 Å². The second-order valence-corrected chi connectivity index (χ2v) is 10.5. The number of primary amides is 1. The summed E-state index contributed by atoms with van der Waals surface area (Å²) >= 11 is 0. The van der Waals surface area contributed by atoms with E-state index in [-0.39, 0.29) is 29.7 Å². The number of hydrogen-bond acceptors (Lipinski definition) is 10. The summed E-state index contributed by atoms with van der Waals surface area (Å²) in [5.74, 6) is -7.54. The SMILES string of the molecule is COC(=O)c1ccc(-c2ccc(O)c3c2C[C@H]2C[C@H]4[C@H](N(C)C)C(O)=C(C(N)=O)C(=O)[C@@]4(O)C(O)=C2C3=O)cc1. The van der Waals surface area contributed by atoms with Crippen LogP contribution < -0.4 is 5.73 Å². The van der Waals surface area contributed by atoms with Crippen LogP contribution in [0.2, 0.25) is 0 Å². The van der Waals surface area contributed by atoms with Gasteiger partial charge in [-0.2, -0.15) is 0 Å². The number of aliphatic hydroxyl groups excluding tert-OH is 2.